The lowest BCUT2D eigenvalue weighted by Gasteiger charge is -2.40. The molecular weight excluding hydrogens is 288 g/mol. The number of amides is 1. The van der Waals surface area contributed by atoms with Crippen molar-refractivity contribution in [2.75, 3.05) is 13.2 Å². The van der Waals surface area contributed by atoms with E-state index in [2.05, 4.69) is 31.4 Å². The number of carbonyl (C=O) groups is 1. The van der Waals surface area contributed by atoms with Crippen LogP contribution in [0.4, 0.5) is 0 Å². The summed E-state index contributed by atoms with van der Waals surface area (Å²) in [4.78, 5) is 12.6. The maximum atomic E-state index is 12.6. The van der Waals surface area contributed by atoms with E-state index in [1.807, 2.05) is 0 Å². The van der Waals surface area contributed by atoms with E-state index in [9.17, 15) is 4.79 Å². The van der Waals surface area contributed by atoms with Crippen LogP contribution in [0, 0.1) is 17.3 Å². The van der Waals surface area contributed by atoms with E-state index in [1.54, 1.807) is 0 Å². The summed E-state index contributed by atoms with van der Waals surface area (Å²) >= 11 is 0. The molecular formula is C19H34N2O2. The lowest BCUT2D eigenvalue weighted by molar-refractivity contribution is -0.124. The first-order valence-electron chi connectivity index (χ1n) is 9.60. The summed E-state index contributed by atoms with van der Waals surface area (Å²) in [5.74, 6) is 1.37. The van der Waals surface area contributed by atoms with Crippen LogP contribution in [0.3, 0.4) is 0 Å². The lowest BCUT2D eigenvalue weighted by atomic mass is 9.78. The van der Waals surface area contributed by atoms with Gasteiger partial charge in [-0.25, -0.2) is 0 Å². The molecule has 2 saturated heterocycles. The van der Waals surface area contributed by atoms with Crippen molar-refractivity contribution in [1.29, 1.82) is 0 Å². The van der Waals surface area contributed by atoms with Crippen molar-refractivity contribution in [3.8, 4) is 0 Å². The van der Waals surface area contributed by atoms with Gasteiger partial charge in [-0.05, 0) is 43.4 Å². The number of hydrogen-bond donors (Lipinski definition) is 2. The molecule has 2 aliphatic heterocycles. The highest BCUT2D eigenvalue weighted by molar-refractivity contribution is 5.82. The molecule has 0 radical (unpaired) electrons. The molecule has 5 unspecified atom stereocenters. The van der Waals surface area contributed by atoms with Crippen LogP contribution in [0.2, 0.25) is 0 Å². The molecule has 4 nitrogen and oxygen atoms in total. The maximum absolute atomic E-state index is 12.6. The summed E-state index contributed by atoms with van der Waals surface area (Å²) in [6.45, 7) is 8.33. The van der Waals surface area contributed by atoms with E-state index < -0.39 is 0 Å². The zero-order valence-electron chi connectivity index (χ0n) is 15.1. The molecule has 0 aromatic rings. The van der Waals surface area contributed by atoms with Crippen LogP contribution in [0.5, 0.6) is 0 Å². The molecule has 23 heavy (non-hydrogen) atoms. The van der Waals surface area contributed by atoms with Gasteiger partial charge in [-0.3, -0.25) is 4.79 Å². The standard InChI is InChI=1S/C19H34N2O2/c1-19(2,3)17-14(8-6-10-23-17)12-20-18(22)16-11-13-7-4-5-9-15(13)21-16/h13-17,21H,4-12H2,1-3H3,(H,20,22). The van der Waals surface area contributed by atoms with Gasteiger partial charge in [0.2, 0.25) is 5.91 Å². The van der Waals surface area contributed by atoms with Gasteiger partial charge in [0.1, 0.15) is 0 Å². The molecule has 3 fully saturated rings. The second-order valence-corrected chi connectivity index (χ2v) is 8.91. The molecule has 1 saturated carbocycles. The number of nitrogens with one attached hydrogen (secondary N) is 2. The summed E-state index contributed by atoms with van der Waals surface area (Å²) in [7, 11) is 0. The minimum absolute atomic E-state index is 0.0284. The highest BCUT2D eigenvalue weighted by Crippen LogP contribution is 2.35. The van der Waals surface area contributed by atoms with Crippen LogP contribution in [-0.2, 0) is 9.53 Å². The SMILES string of the molecule is CC(C)(C)C1OCCCC1CNC(=O)C1CC2CCCCC2N1. The Kier molecular flexibility index (Phi) is 5.32. The summed E-state index contributed by atoms with van der Waals surface area (Å²) in [6, 6.07) is 0.612. The average molecular weight is 322 g/mol. The molecule has 0 spiro atoms. The third kappa shape index (κ3) is 4.08. The van der Waals surface area contributed by atoms with Crippen LogP contribution in [0.15, 0.2) is 0 Å². The molecule has 5 atom stereocenters. The maximum Gasteiger partial charge on any atom is 0.237 e. The molecule has 2 heterocycles. The molecule has 1 aliphatic carbocycles. The summed E-state index contributed by atoms with van der Waals surface area (Å²) < 4.78 is 6.02. The van der Waals surface area contributed by atoms with Gasteiger partial charge >= 0.3 is 0 Å². The largest absolute Gasteiger partial charge is 0.377 e. The van der Waals surface area contributed by atoms with Crippen molar-refractivity contribution < 1.29 is 9.53 Å². The Labute approximate surface area is 141 Å². The molecule has 0 aromatic carbocycles. The van der Waals surface area contributed by atoms with Crippen molar-refractivity contribution in [2.24, 2.45) is 17.3 Å². The van der Waals surface area contributed by atoms with Gasteiger partial charge in [-0.15, -0.1) is 0 Å². The van der Waals surface area contributed by atoms with Gasteiger partial charge in [0.05, 0.1) is 12.1 Å². The van der Waals surface area contributed by atoms with Crippen LogP contribution in [0.25, 0.3) is 0 Å². The fourth-order valence-corrected chi connectivity index (χ4v) is 4.89. The topological polar surface area (TPSA) is 50.4 Å². The third-order valence-electron chi connectivity index (χ3n) is 6.02. The van der Waals surface area contributed by atoms with Crippen molar-refractivity contribution in [3.05, 3.63) is 0 Å². The summed E-state index contributed by atoms with van der Waals surface area (Å²) in [6.07, 6.45) is 8.74. The Hall–Kier alpha value is -0.610. The molecule has 0 aromatic heterocycles. The van der Waals surface area contributed by atoms with Gasteiger partial charge in [0, 0.05) is 25.1 Å². The Bertz CT molecular complexity index is 404. The van der Waals surface area contributed by atoms with Crippen LogP contribution in [0.1, 0.15) is 65.7 Å². The van der Waals surface area contributed by atoms with Crippen molar-refractivity contribution in [2.45, 2.75) is 83.9 Å². The molecule has 3 rings (SSSR count). The Balaban J connectivity index is 1.50. The number of ether oxygens (including phenoxy) is 1. The minimum Gasteiger partial charge on any atom is -0.377 e. The molecule has 4 heteroatoms. The Morgan fingerprint density at radius 3 is 2.70 bits per heavy atom. The van der Waals surface area contributed by atoms with E-state index >= 15 is 0 Å². The van der Waals surface area contributed by atoms with Crippen molar-refractivity contribution in [1.82, 2.24) is 10.6 Å². The first-order valence-corrected chi connectivity index (χ1v) is 9.60. The van der Waals surface area contributed by atoms with Crippen LogP contribution >= 0.6 is 0 Å². The van der Waals surface area contributed by atoms with E-state index in [4.69, 9.17) is 4.74 Å². The van der Waals surface area contributed by atoms with Gasteiger partial charge in [-0.1, -0.05) is 33.6 Å². The third-order valence-corrected chi connectivity index (χ3v) is 6.02. The average Bonchev–Trinajstić information content (AvgIpc) is 2.96. The van der Waals surface area contributed by atoms with Crippen molar-refractivity contribution in [3.63, 3.8) is 0 Å². The van der Waals surface area contributed by atoms with Gasteiger partial charge in [0.15, 0.2) is 0 Å². The highest BCUT2D eigenvalue weighted by atomic mass is 16.5. The number of carbonyl (C=O) groups excluding carboxylic acids is 1. The van der Waals surface area contributed by atoms with Gasteiger partial charge < -0.3 is 15.4 Å². The Morgan fingerprint density at radius 2 is 1.96 bits per heavy atom. The second-order valence-electron chi connectivity index (χ2n) is 8.91. The predicted molar refractivity (Wildman–Crippen MR) is 92.2 cm³/mol. The highest BCUT2D eigenvalue weighted by Gasteiger charge is 2.39. The van der Waals surface area contributed by atoms with Crippen LogP contribution < -0.4 is 10.6 Å². The minimum atomic E-state index is 0.0284. The lowest BCUT2D eigenvalue weighted by Crippen LogP contribution is -2.48. The van der Waals surface area contributed by atoms with E-state index in [-0.39, 0.29) is 23.5 Å². The number of fused-ring (bicyclic) bond motifs is 1. The van der Waals surface area contributed by atoms with Crippen LogP contribution in [-0.4, -0.2) is 37.2 Å². The zero-order chi connectivity index (χ0) is 16.4. The zero-order valence-corrected chi connectivity index (χ0v) is 15.1. The first kappa shape index (κ1) is 17.2. The van der Waals surface area contributed by atoms with Crippen molar-refractivity contribution >= 4 is 5.91 Å². The molecule has 3 aliphatic rings. The Morgan fingerprint density at radius 1 is 1.17 bits per heavy atom. The number of hydrogen-bond acceptors (Lipinski definition) is 3. The first-order chi connectivity index (χ1) is 10.9. The smallest absolute Gasteiger partial charge is 0.237 e. The van der Waals surface area contributed by atoms with E-state index in [0.29, 0.717) is 12.0 Å². The normalized spacial score (nSPS) is 38.1. The summed E-state index contributed by atoms with van der Waals surface area (Å²) in [5, 5.41) is 6.80. The quantitative estimate of drug-likeness (QED) is 0.840. The second kappa shape index (κ2) is 7.10. The predicted octanol–water partition coefficient (Wildman–Crippen LogP) is 2.86. The molecule has 132 valence electrons. The van der Waals surface area contributed by atoms with Gasteiger partial charge in [-0.2, -0.15) is 0 Å². The number of rotatable bonds is 3. The molecule has 0 bridgehead atoms. The monoisotopic (exact) mass is 322 g/mol. The summed E-state index contributed by atoms with van der Waals surface area (Å²) in [5.41, 5.74) is 0.135. The van der Waals surface area contributed by atoms with E-state index in [0.717, 1.165) is 38.3 Å². The fraction of sp³-hybridized carbons (Fsp3) is 0.947. The van der Waals surface area contributed by atoms with E-state index in [1.165, 1.54) is 25.7 Å². The molecule has 1 amide bonds. The fourth-order valence-electron chi connectivity index (χ4n) is 4.89. The van der Waals surface area contributed by atoms with Gasteiger partial charge in [0.25, 0.3) is 0 Å². The molecule has 2 N–H and O–H groups in total.